The lowest BCUT2D eigenvalue weighted by atomic mass is 10.1. The number of thioether (sulfide) groups is 1. The summed E-state index contributed by atoms with van der Waals surface area (Å²) in [7, 11) is 1.79. The average molecular weight is 358 g/mol. The predicted molar refractivity (Wildman–Crippen MR) is 97.6 cm³/mol. The topological polar surface area (TPSA) is 57.0 Å². The lowest BCUT2D eigenvalue weighted by molar-refractivity contribution is 0.0785. The van der Waals surface area contributed by atoms with E-state index in [4.69, 9.17) is 0 Å². The number of carbonyl (C=O) groups is 1. The third kappa shape index (κ3) is 3.33. The summed E-state index contributed by atoms with van der Waals surface area (Å²) in [6.07, 6.45) is 4.13. The van der Waals surface area contributed by atoms with Crippen molar-refractivity contribution in [1.29, 1.82) is 5.26 Å². The zero-order valence-corrected chi connectivity index (χ0v) is 15.6. The van der Waals surface area contributed by atoms with Crippen LogP contribution >= 0.6 is 23.1 Å². The molecule has 0 aromatic carbocycles. The van der Waals surface area contributed by atoms with Gasteiger partial charge in [0.1, 0.15) is 11.1 Å². The van der Waals surface area contributed by atoms with Crippen LogP contribution in [0.25, 0.3) is 0 Å². The van der Waals surface area contributed by atoms with Gasteiger partial charge in [0.15, 0.2) is 0 Å². The molecule has 24 heavy (non-hydrogen) atoms. The van der Waals surface area contributed by atoms with Crippen molar-refractivity contribution in [3.8, 4) is 6.07 Å². The fourth-order valence-electron chi connectivity index (χ4n) is 2.61. The fraction of sp³-hybridized carbons (Fsp3) is 0.389. The van der Waals surface area contributed by atoms with E-state index in [1.807, 2.05) is 24.6 Å². The van der Waals surface area contributed by atoms with E-state index in [1.54, 1.807) is 23.3 Å². The molecule has 0 spiro atoms. The molecule has 1 amide bonds. The molecule has 0 bridgehead atoms. The molecule has 4 nitrogen and oxygen atoms in total. The molecule has 1 aliphatic rings. The van der Waals surface area contributed by atoms with E-state index >= 15 is 0 Å². The molecule has 0 radical (unpaired) electrons. The maximum absolute atomic E-state index is 13.0. The smallest absolute Gasteiger partial charge is 0.255 e. The minimum absolute atomic E-state index is 0.112. The van der Waals surface area contributed by atoms with Gasteiger partial charge in [-0.15, -0.1) is 23.1 Å². The van der Waals surface area contributed by atoms with Gasteiger partial charge in [0.05, 0.1) is 17.7 Å². The van der Waals surface area contributed by atoms with Crippen molar-refractivity contribution in [3.63, 3.8) is 0 Å². The Morgan fingerprint density at radius 1 is 1.54 bits per heavy atom. The average Bonchev–Trinajstić information content (AvgIpc) is 3.37. The molecule has 3 rings (SSSR count). The van der Waals surface area contributed by atoms with Crippen LogP contribution in [-0.4, -0.2) is 29.1 Å². The van der Waals surface area contributed by atoms with E-state index in [9.17, 15) is 10.1 Å². The number of hydrogen-bond acceptors (Lipinski definition) is 5. The summed E-state index contributed by atoms with van der Waals surface area (Å²) in [4.78, 5) is 20.4. The first-order valence-electron chi connectivity index (χ1n) is 7.82. The normalized spacial score (nSPS) is 13.6. The molecule has 0 N–H and O–H groups in total. The van der Waals surface area contributed by atoms with Crippen LogP contribution in [0.3, 0.4) is 0 Å². The van der Waals surface area contributed by atoms with E-state index in [-0.39, 0.29) is 5.91 Å². The summed E-state index contributed by atoms with van der Waals surface area (Å²) in [5.41, 5.74) is 3.02. The fourth-order valence-corrected chi connectivity index (χ4v) is 4.13. The Kier molecular flexibility index (Phi) is 4.93. The van der Waals surface area contributed by atoms with Gasteiger partial charge in [0.25, 0.3) is 5.91 Å². The lowest BCUT2D eigenvalue weighted by Gasteiger charge is -2.19. The Morgan fingerprint density at radius 3 is 2.83 bits per heavy atom. The summed E-state index contributed by atoms with van der Waals surface area (Å²) in [5, 5.41) is 12.2. The maximum Gasteiger partial charge on any atom is 0.255 e. The molecule has 2 aromatic rings. The van der Waals surface area contributed by atoms with Gasteiger partial charge in [-0.2, -0.15) is 5.26 Å². The highest BCUT2D eigenvalue weighted by Crippen LogP contribution is 2.40. The number of thiophene rings is 1. The number of pyridine rings is 1. The van der Waals surface area contributed by atoms with E-state index < -0.39 is 0 Å². The number of amides is 1. The quantitative estimate of drug-likeness (QED) is 0.753. The zero-order chi connectivity index (χ0) is 17.3. The van der Waals surface area contributed by atoms with E-state index in [2.05, 4.69) is 17.1 Å². The Morgan fingerprint density at radius 2 is 2.29 bits per heavy atom. The largest absolute Gasteiger partial charge is 0.337 e. The standard InChI is InChI=1S/C18H19N3OS2/c1-11-6-7-24-16(11)10-21(2)18(22)13-8-15(12-4-5-12)20-17(23-3)14(13)9-19/h6-8,12H,4-5,10H2,1-3H3. The Labute approximate surface area is 150 Å². The van der Waals surface area contributed by atoms with Gasteiger partial charge in [-0.05, 0) is 49.1 Å². The minimum Gasteiger partial charge on any atom is -0.337 e. The summed E-state index contributed by atoms with van der Waals surface area (Å²) in [5.74, 6) is 0.332. The SMILES string of the molecule is CSc1nc(C2CC2)cc(C(=O)N(C)Cc2sccc2C)c1C#N. The Bertz CT molecular complexity index is 818. The third-order valence-electron chi connectivity index (χ3n) is 4.23. The van der Waals surface area contributed by atoms with Crippen LogP contribution in [0.5, 0.6) is 0 Å². The second-order valence-corrected chi connectivity index (χ2v) is 7.85. The predicted octanol–water partition coefficient (Wildman–Crippen LogP) is 4.19. The van der Waals surface area contributed by atoms with Gasteiger partial charge in [-0.25, -0.2) is 4.98 Å². The Balaban J connectivity index is 1.94. The number of hydrogen-bond donors (Lipinski definition) is 0. The molecule has 1 saturated carbocycles. The first-order chi connectivity index (χ1) is 11.5. The number of nitrogens with zero attached hydrogens (tertiary/aromatic N) is 3. The lowest BCUT2D eigenvalue weighted by Crippen LogP contribution is -2.27. The highest BCUT2D eigenvalue weighted by Gasteiger charge is 2.29. The second kappa shape index (κ2) is 6.96. The van der Waals surface area contributed by atoms with Crippen molar-refractivity contribution in [2.75, 3.05) is 13.3 Å². The summed E-state index contributed by atoms with van der Waals surface area (Å²) in [6, 6.07) is 6.07. The van der Waals surface area contributed by atoms with Crippen LogP contribution in [0, 0.1) is 18.3 Å². The highest BCUT2D eigenvalue weighted by atomic mass is 32.2. The van der Waals surface area contributed by atoms with Crippen molar-refractivity contribution < 1.29 is 4.79 Å². The summed E-state index contributed by atoms with van der Waals surface area (Å²) >= 11 is 3.08. The zero-order valence-electron chi connectivity index (χ0n) is 14.0. The molecule has 1 aliphatic carbocycles. The highest BCUT2D eigenvalue weighted by molar-refractivity contribution is 7.98. The number of carbonyl (C=O) groups excluding carboxylic acids is 1. The van der Waals surface area contributed by atoms with Gasteiger partial charge in [-0.3, -0.25) is 4.79 Å². The number of aromatic nitrogens is 1. The van der Waals surface area contributed by atoms with E-state index in [0.29, 0.717) is 28.6 Å². The number of rotatable bonds is 5. The molecule has 2 heterocycles. The van der Waals surface area contributed by atoms with Crippen LogP contribution in [-0.2, 0) is 6.54 Å². The molecule has 124 valence electrons. The van der Waals surface area contributed by atoms with Crippen molar-refractivity contribution in [3.05, 3.63) is 44.8 Å². The van der Waals surface area contributed by atoms with E-state index in [0.717, 1.165) is 18.5 Å². The van der Waals surface area contributed by atoms with Gasteiger partial charge >= 0.3 is 0 Å². The van der Waals surface area contributed by atoms with Crippen LogP contribution in [0.1, 0.15) is 50.8 Å². The van der Waals surface area contributed by atoms with Crippen molar-refractivity contribution in [1.82, 2.24) is 9.88 Å². The van der Waals surface area contributed by atoms with E-state index in [1.165, 1.54) is 22.2 Å². The van der Waals surface area contributed by atoms with Gasteiger partial charge in [-0.1, -0.05) is 0 Å². The number of aryl methyl sites for hydroxylation is 1. The molecule has 2 aromatic heterocycles. The van der Waals surface area contributed by atoms with Crippen LogP contribution in [0.4, 0.5) is 0 Å². The molecule has 0 atom stereocenters. The molecular formula is C18H19N3OS2. The van der Waals surface area contributed by atoms with Gasteiger partial charge in [0, 0.05) is 23.5 Å². The second-order valence-electron chi connectivity index (χ2n) is 6.05. The van der Waals surface area contributed by atoms with Crippen molar-refractivity contribution in [2.24, 2.45) is 0 Å². The number of nitriles is 1. The molecular weight excluding hydrogens is 338 g/mol. The minimum atomic E-state index is -0.112. The molecule has 0 unspecified atom stereocenters. The first-order valence-corrected chi connectivity index (χ1v) is 9.93. The monoisotopic (exact) mass is 357 g/mol. The molecule has 0 saturated heterocycles. The van der Waals surface area contributed by atoms with Crippen molar-refractivity contribution >= 4 is 29.0 Å². The molecule has 6 heteroatoms. The first kappa shape index (κ1) is 17.0. The van der Waals surface area contributed by atoms with Crippen LogP contribution < -0.4 is 0 Å². The molecule has 1 fully saturated rings. The Hall–Kier alpha value is -1.84. The van der Waals surface area contributed by atoms with Gasteiger partial charge < -0.3 is 4.90 Å². The third-order valence-corrected chi connectivity index (χ3v) is 5.92. The summed E-state index contributed by atoms with van der Waals surface area (Å²) < 4.78 is 0. The van der Waals surface area contributed by atoms with Crippen molar-refractivity contribution in [2.45, 2.75) is 37.3 Å². The van der Waals surface area contributed by atoms with Crippen LogP contribution in [0.15, 0.2) is 22.5 Å². The van der Waals surface area contributed by atoms with Gasteiger partial charge in [0.2, 0.25) is 0 Å². The maximum atomic E-state index is 13.0. The van der Waals surface area contributed by atoms with Crippen LogP contribution in [0.2, 0.25) is 0 Å². The molecule has 0 aliphatic heterocycles. The summed E-state index contributed by atoms with van der Waals surface area (Å²) in [6.45, 7) is 2.61.